The summed E-state index contributed by atoms with van der Waals surface area (Å²) in [6, 6.07) is 11.5. The molecule has 5 nitrogen and oxygen atoms in total. The molecule has 168 valence electrons. The minimum Gasteiger partial charge on any atom is -0.506 e. The second kappa shape index (κ2) is 12.3. The Balaban J connectivity index is 1.59. The zero-order valence-electron chi connectivity index (χ0n) is 19.1. The van der Waals surface area contributed by atoms with Gasteiger partial charge in [-0.15, -0.1) is 15.0 Å². The maximum atomic E-state index is 10.4. The number of phenols is 1. The molecule has 0 aliphatic heterocycles. The Bertz CT molecular complexity index is 936. The topological polar surface area (TPSA) is 60.2 Å². The number of phenolic OH excluding ortho intramolecular Hbond substituents is 1. The highest BCUT2D eigenvalue weighted by molar-refractivity contribution is 5.75. The Hall–Kier alpha value is -2.56. The van der Waals surface area contributed by atoms with E-state index in [2.05, 4.69) is 24.0 Å². The van der Waals surface area contributed by atoms with Crippen molar-refractivity contribution in [3.8, 4) is 17.2 Å². The van der Waals surface area contributed by atoms with Crippen LogP contribution in [-0.2, 0) is 6.42 Å². The van der Waals surface area contributed by atoms with Crippen LogP contribution in [0.1, 0.15) is 83.6 Å². The van der Waals surface area contributed by atoms with Crippen LogP contribution in [0.2, 0.25) is 0 Å². The van der Waals surface area contributed by atoms with E-state index in [1.807, 2.05) is 30.3 Å². The molecule has 0 radical (unpaired) electrons. The minimum atomic E-state index is 0.194. The minimum absolute atomic E-state index is 0.194. The standard InChI is InChI=1S/C26H37N3O2/c1-3-5-7-8-9-10-11-12-13-21-14-17-26(30)25(19-21)29-27-23-16-15-22(20-24(23)28-29)31-18-6-4-2/h14-17,19-20,30H,3-13,18H2,1-2H3. The van der Waals surface area contributed by atoms with Crippen molar-refractivity contribution in [1.82, 2.24) is 15.0 Å². The fraction of sp³-hybridized carbons (Fsp3) is 0.538. The van der Waals surface area contributed by atoms with E-state index in [0.717, 1.165) is 36.0 Å². The lowest BCUT2D eigenvalue weighted by Crippen LogP contribution is -2.00. The maximum absolute atomic E-state index is 10.4. The van der Waals surface area contributed by atoms with E-state index in [-0.39, 0.29) is 5.75 Å². The van der Waals surface area contributed by atoms with Crippen molar-refractivity contribution in [3.05, 3.63) is 42.0 Å². The normalized spacial score (nSPS) is 11.3. The van der Waals surface area contributed by atoms with Gasteiger partial charge in [-0.2, -0.15) is 0 Å². The van der Waals surface area contributed by atoms with E-state index in [0.29, 0.717) is 12.3 Å². The third-order valence-electron chi connectivity index (χ3n) is 5.69. The molecule has 0 aliphatic rings. The van der Waals surface area contributed by atoms with Crippen molar-refractivity contribution in [2.45, 2.75) is 84.5 Å². The molecule has 0 fully saturated rings. The lowest BCUT2D eigenvalue weighted by atomic mass is 10.0. The number of rotatable bonds is 14. The smallest absolute Gasteiger partial charge is 0.143 e. The SMILES string of the molecule is CCCCCCCCCCc1ccc(O)c(-n2nc3ccc(OCCCC)cc3n2)c1. The zero-order valence-corrected chi connectivity index (χ0v) is 19.1. The van der Waals surface area contributed by atoms with Crippen LogP contribution >= 0.6 is 0 Å². The fourth-order valence-electron chi connectivity index (χ4n) is 3.77. The summed E-state index contributed by atoms with van der Waals surface area (Å²) in [5.74, 6) is 1.00. The summed E-state index contributed by atoms with van der Waals surface area (Å²) < 4.78 is 5.78. The number of benzene rings is 2. The van der Waals surface area contributed by atoms with Crippen LogP contribution in [0.4, 0.5) is 0 Å². The van der Waals surface area contributed by atoms with Gasteiger partial charge in [0.05, 0.1) is 6.61 Å². The number of fused-ring (bicyclic) bond motifs is 1. The predicted molar refractivity (Wildman–Crippen MR) is 127 cm³/mol. The van der Waals surface area contributed by atoms with Gasteiger partial charge in [0.2, 0.25) is 0 Å². The first kappa shape index (κ1) is 23.1. The molecule has 2 aromatic carbocycles. The van der Waals surface area contributed by atoms with Crippen LogP contribution < -0.4 is 4.74 Å². The Morgan fingerprint density at radius 1 is 0.774 bits per heavy atom. The Morgan fingerprint density at radius 2 is 1.48 bits per heavy atom. The van der Waals surface area contributed by atoms with Crippen molar-refractivity contribution >= 4 is 11.0 Å². The van der Waals surface area contributed by atoms with Crippen molar-refractivity contribution in [1.29, 1.82) is 0 Å². The molecule has 0 aliphatic carbocycles. The summed E-state index contributed by atoms with van der Waals surface area (Å²) in [5, 5.41) is 19.5. The molecule has 0 bridgehead atoms. The van der Waals surface area contributed by atoms with E-state index in [9.17, 15) is 5.11 Å². The number of aromatic nitrogens is 3. The first-order chi connectivity index (χ1) is 15.2. The highest BCUT2D eigenvalue weighted by Crippen LogP contribution is 2.25. The summed E-state index contributed by atoms with van der Waals surface area (Å²) in [6.45, 7) is 5.11. The number of nitrogens with zero attached hydrogens (tertiary/aromatic N) is 3. The van der Waals surface area contributed by atoms with Gasteiger partial charge in [0.25, 0.3) is 0 Å². The van der Waals surface area contributed by atoms with E-state index < -0.39 is 0 Å². The van der Waals surface area contributed by atoms with Gasteiger partial charge in [0.15, 0.2) is 0 Å². The van der Waals surface area contributed by atoms with Crippen LogP contribution in [0.5, 0.6) is 11.5 Å². The Labute approximate surface area is 186 Å². The number of hydrogen-bond donors (Lipinski definition) is 1. The highest BCUT2D eigenvalue weighted by Gasteiger charge is 2.11. The second-order valence-corrected chi connectivity index (χ2v) is 8.39. The molecule has 0 spiro atoms. The second-order valence-electron chi connectivity index (χ2n) is 8.39. The molecule has 0 unspecified atom stereocenters. The number of ether oxygens (including phenoxy) is 1. The molecule has 5 heteroatoms. The molecule has 0 amide bonds. The van der Waals surface area contributed by atoms with E-state index in [1.165, 1.54) is 61.7 Å². The third-order valence-corrected chi connectivity index (χ3v) is 5.69. The van der Waals surface area contributed by atoms with Crippen LogP contribution in [-0.4, -0.2) is 26.7 Å². The Morgan fingerprint density at radius 3 is 2.26 bits per heavy atom. The molecular weight excluding hydrogens is 386 g/mol. The van der Waals surface area contributed by atoms with Gasteiger partial charge in [-0.05, 0) is 49.1 Å². The average molecular weight is 424 g/mol. The highest BCUT2D eigenvalue weighted by atomic mass is 16.5. The Kier molecular flexibility index (Phi) is 9.19. The zero-order chi connectivity index (χ0) is 21.9. The molecular formula is C26H37N3O2. The monoisotopic (exact) mass is 423 g/mol. The molecule has 31 heavy (non-hydrogen) atoms. The molecule has 1 heterocycles. The number of unbranched alkanes of at least 4 members (excludes halogenated alkanes) is 8. The first-order valence-electron chi connectivity index (χ1n) is 12.0. The van der Waals surface area contributed by atoms with Crippen LogP contribution in [0.15, 0.2) is 36.4 Å². The molecule has 1 N–H and O–H groups in total. The number of aromatic hydroxyl groups is 1. The summed E-state index contributed by atoms with van der Waals surface area (Å²) in [5.41, 5.74) is 3.39. The van der Waals surface area contributed by atoms with Gasteiger partial charge < -0.3 is 9.84 Å². The first-order valence-corrected chi connectivity index (χ1v) is 12.0. The van der Waals surface area contributed by atoms with Gasteiger partial charge >= 0.3 is 0 Å². The van der Waals surface area contributed by atoms with Crippen molar-refractivity contribution in [2.24, 2.45) is 0 Å². The predicted octanol–water partition coefficient (Wildman–Crippen LogP) is 6.99. The van der Waals surface area contributed by atoms with Crippen molar-refractivity contribution < 1.29 is 9.84 Å². The van der Waals surface area contributed by atoms with Crippen LogP contribution in [0, 0.1) is 0 Å². The third kappa shape index (κ3) is 6.98. The maximum Gasteiger partial charge on any atom is 0.143 e. The van der Waals surface area contributed by atoms with Gasteiger partial charge in [0, 0.05) is 6.07 Å². The molecule has 0 saturated heterocycles. The number of hydrogen-bond acceptors (Lipinski definition) is 4. The summed E-state index contributed by atoms with van der Waals surface area (Å²) in [4.78, 5) is 1.53. The lowest BCUT2D eigenvalue weighted by Gasteiger charge is -2.07. The van der Waals surface area contributed by atoms with E-state index in [4.69, 9.17) is 4.74 Å². The summed E-state index contributed by atoms with van der Waals surface area (Å²) >= 11 is 0. The molecule has 3 rings (SSSR count). The van der Waals surface area contributed by atoms with E-state index in [1.54, 1.807) is 6.07 Å². The van der Waals surface area contributed by atoms with Gasteiger partial charge in [-0.1, -0.05) is 71.3 Å². The largest absolute Gasteiger partial charge is 0.506 e. The molecule has 3 aromatic rings. The average Bonchev–Trinajstić information content (AvgIpc) is 3.20. The summed E-state index contributed by atoms with van der Waals surface area (Å²) in [6.07, 6.45) is 13.6. The summed E-state index contributed by atoms with van der Waals surface area (Å²) in [7, 11) is 0. The molecule has 0 saturated carbocycles. The molecule has 1 aromatic heterocycles. The van der Waals surface area contributed by atoms with Gasteiger partial charge in [-0.25, -0.2) is 0 Å². The quantitative estimate of drug-likeness (QED) is 0.284. The van der Waals surface area contributed by atoms with Gasteiger partial charge in [0.1, 0.15) is 28.2 Å². The number of aryl methyl sites for hydroxylation is 1. The van der Waals surface area contributed by atoms with Crippen molar-refractivity contribution in [3.63, 3.8) is 0 Å². The fourth-order valence-corrected chi connectivity index (χ4v) is 3.77. The lowest BCUT2D eigenvalue weighted by molar-refractivity contribution is 0.310. The van der Waals surface area contributed by atoms with Crippen LogP contribution in [0.3, 0.4) is 0 Å². The molecule has 0 atom stereocenters. The van der Waals surface area contributed by atoms with Crippen LogP contribution in [0.25, 0.3) is 16.7 Å². The van der Waals surface area contributed by atoms with Crippen molar-refractivity contribution in [2.75, 3.05) is 6.61 Å². The van der Waals surface area contributed by atoms with E-state index >= 15 is 0 Å². The van der Waals surface area contributed by atoms with Gasteiger partial charge in [-0.3, -0.25) is 0 Å².